The quantitative estimate of drug-likeness (QED) is 0.822. The SMILES string of the molecule is CCN(C)C(=O)C(C)NC(=O)c1cc(N)cn1CC. The molecule has 0 bridgehead atoms. The number of nitrogens with one attached hydrogen (secondary N) is 1. The van der Waals surface area contributed by atoms with Crippen molar-refractivity contribution < 1.29 is 9.59 Å². The van der Waals surface area contributed by atoms with Gasteiger partial charge in [-0.15, -0.1) is 0 Å². The Morgan fingerprint density at radius 2 is 2.11 bits per heavy atom. The van der Waals surface area contributed by atoms with Crippen molar-refractivity contribution in [1.82, 2.24) is 14.8 Å². The number of rotatable bonds is 5. The van der Waals surface area contributed by atoms with E-state index in [-0.39, 0.29) is 11.8 Å². The molecule has 6 nitrogen and oxygen atoms in total. The Morgan fingerprint density at radius 1 is 1.47 bits per heavy atom. The van der Waals surface area contributed by atoms with E-state index in [0.717, 1.165) is 0 Å². The molecule has 1 aromatic heterocycles. The van der Waals surface area contributed by atoms with Crippen molar-refractivity contribution in [2.45, 2.75) is 33.4 Å². The molecule has 0 saturated heterocycles. The van der Waals surface area contributed by atoms with Crippen LogP contribution in [0.25, 0.3) is 0 Å². The van der Waals surface area contributed by atoms with Crippen LogP contribution in [0.2, 0.25) is 0 Å². The van der Waals surface area contributed by atoms with E-state index in [2.05, 4.69) is 5.32 Å². The standard InChI is InChI=1S/C13H22N4O2/c1-5-16(4)13(19)9(3)15-12(18)11-7-10(14)8-17(11)6-2/h7-9H,5-6,14H2,1-4H3,(H,15,18). The zero-order chi connectivity index (χ0) is 14.6. The third kappa shape index (κ3) is 3.49. The van der Waals surface area contributed by atoms with Crippen molar-refractivity contribution in [3.8, 4) is 0 Å². The zero-order valence-corrected chi connectivity index (χ0v) is 11.9. The highest BCUT2D eigenvalue weighted by Gasteiger charge is 2.20. The summed E-state index contributed by atoms with van der Waals surface area (Å²) in [7, 11) is 1.71. The first-order valence-electron chi connectivity index (χ1n) is 6.42. The molecule has 1 atom stereocenters. The molecule has 0 fully saturated rings. The number of nitrogen functional groups attached to an aromatic ring is 1. The van der Waals surface area contributed by atoms with E-state index in [9.17, 15) is 9.59 Å². The zero-order valence-electron chi connectivity index (χ0n) is 11.9. The van der Waals surface area contributed by atoms with Crippen LogP contribution in [0.1, 0.15) is 31.3 Å². The molecule has 3 N–H and O–H groups in total. The Morgan fingerprint density at radius 3 is 2.63 bits per heavy atom. The monoisotopic (exact) mass is 266 g/mol. The third-order valence-electron chi connectivity index (χ3n) is 3.06. The maximum atomic E-state index is 12.1. The molecule has 2 amide bonds. The number of nitrogens with zero attached hydrogens (tertiary/aromatic N) is 2. The van der Waals surface area contributed by atoms with E-state index >= 15 is 0 Å². The molecule has 0 aliphatic heterocycles. The summed E-state index contributed by atoms with van der Waals surface area (Å²) in [4.78, 5) is 25.6. The smallest absolute Gasteiger partial charge is 0.268 e. The van der Waals surface area contributed by atoms with Gasteiger partial charge in [0, 0.05) is 26.3 Å². The molecule has 0 radical (unpaired) electrons. The van der Waals surface area contributed by atoms with E-state index in [0.29, 0.717) is 24.5 Å². The van der Waals surface area contributed by atoms with Gasteiger partial charge < -0.3 is 20.5 Å². The van der Waals surface area contributed by atoms with Crippen molar-refractivity contribution in [3.05, 3.63) is 18.0 Å². The molecular formula is C13H22N4O2. The summed E-state index contributed by atoms with van der Waals surface area (Å²) in [5.41, 5.74) is 6.69. The molecular weight excluding hydrogens is 244 g/mol. The average molecular weight is 266 g/mol. The van der Waals surface area contributed by atoms with Crippen molar-refractivity contribution in [2.75, 3.05) is 19.3 Å². The fourth-order valence-electron chi connectivity index (χ4n) is 1.80. The Kier molecular flexibility index (Phi) is 4.97. The number of aromatic nitrogens is 1. The van der Waals surface area contributed by atoms with E-state index < -0.39 is 6.04 Å². The number of hydrogen-bond acceptors (Lipinski definition) is 3. The van der Waals surface area contributed by atoms with Gasteiger partial charge in [-0.05, 0) is 26.8 Å². The van der Waals surface area contributed by atoms with Crippen LogP contribution in [0, 0.1) is 0 Å². The third-order valence-corrected chi connectivity index (χ3v) is 3.06. The number of carbonyl (C=O) groups excluding carboxylic acids is 2. The van der Waals surface area contributed by atoms with Gasteiger partial charge in [0.15, 0.2) is 0 Å². The molecule has 1 aromatic rings. The predicted octanol–water partition coefficient (Wildman–Crippen LogP) is 0.687. The molecule has 0 saturated carbocycles. The summed E-state index contributed by atoms with van der Waals surface area (Å²) in [5, 5.41) is 2.69. The molecule has 6 heteroatoms. The molecule has 19 heavy (non-hydrogen) atoms. The van der Waals surface area contributed by atoms with Gasteiger partial charge >= 0.3 is 0 Å². The summed E-state index contributed by atoms with van der Waals surface area (Å²) in [6, 6.07) is 1.05. The number of amides is 2. The number of aryl methyl sites for hydroxylation is 1. The first-order chi connectivity index (χ1) is 8.90. The normalized spacial score (nSPS) is 12.0. The van der Waals surface area contributed by atoms with Crippen molar-refractivity contribution >= 4 is 17.5 Å². The summed E-state index contributed by atoms with van der Waals surface area (Å²) < 4.78 is 1.76. The van der Waals surface area contributed by atoms with Gasteiger partial charge in [-0.25, -0.2) is 0 Å². The van der Waals surface area contributed by atoms with Crippen LogP contribution in [0.15, 0.2) is 12.3 Å². The van der Waals surface area contributed by atoms with E-state index in [1.807, 2.05) is 13.8 Å². The molecule has 1 unspecified atom stereocenters. The Bertz CT molecular complexity index is 467. The van der Waals surface area contributed by atoms with Gasteiger partial charge in [-0.2, -0.15) is 0 Å². The molecule has 0 aromatic carbocycles. The lowest BCUT2D eigenvalue weighted by Crippen LogP contribution is -2.45. The van der Waals surface area contributed by atoms with Crippen LogP contribution in [-0.2, 0) is 11.3 Å². The lowest BCUT2D eigenvalue weighted by atomic mass is 10.2. The van der Waals surface area contributed by atoms with Crippen molar-refractivity contribution in [2.24, 2.45) is 0 Å². The number of likely N-dealkylation sites (N-methyl/N-ethyl adjacent to an activating group) is 1. The number of hydrogen-bond donors (Lipinski definition) is 2. The Balaban J connectivity index is 2.76. The molecule has 106 valence electrons. The average Bonchev–Trinajstić information content (AvgIpc) is 2.78. The van der Waals surface area contributed by atoms with Gasteiger partial charge in [0.1, 0.15) is 11.7 Å². The second kappa shape index (κ2) is 6.26. The maximum Gasteiger partial charge on any atom is 0.268 e. The number of anilines is 1. The summed E-state index contributed by atoms with van der Waals surface area (Å²) in [6.07, 6.45) is 1.71. The number of nitrogens with two attached hydrogens (primary N) is 1. The molecule has 0 spiro atoms. The first-order valence-corrected chi connectivity index (χ1v) is 6.42. The largest absolute Gasteiger partial charge is 0.397 e. The lowest BCUT2D eigenvalue weighted by molar-refractivity contribution is -0.131. The van der Waals surface area contributed by atoms with Gasteiger partial charge in [0.2, 0.25) is 5.91 Å². The summed E-state index contributed by atoms with van der Waals surface area (Å²) >= 11 is 0. The minimum atomic E-state index is -0.557. The first kappa shape index (κ1) is 15.1. The summed E-state index contributed by atoms with van der Waals surface area (Å²) in [5.74, 6) is -0.401. The minimum absolute atomic E-state index is 0.113. The highest BCUT2D eigenvalue weighted by molar-refractivity contribution is 5.97. The van der Waals surface area contributed by atoms with Crippen molar-refractivity contribution in [1.29, 1.82) is 0 Å². The van der Waals surface area contributed by atoms with Crippen molar-refractivity contribution in [3.63, 3.8) is 0 Å². The van der Waals surface area contributed by atoms with E-state index in [1.165, 1.54) is 0 Å². The van der Waals surface area contributed by atoms with Crippen LogP contribution in [0.5, 0.6) is 0 Å². The Hall–Kier alpha value is -1.98. The Labute approximate surface area is 113 Å². The van der Waals surface area contributed by atoms with Crippen LogP contribution >= 0.6 is 0 Å². The lowest BCUT2D eigenvalue weighted by Gasteiger charge is -2.20. The highest BCUT2D eigenvalue weighted by atomic mass is 16.2. The van der Waals surface area contributed by atoms with Gasteiger partial charge in [0.25, 0.3) is 5.91 Å². The maximum absolute atomic E-state index is 12.1. The molecule has 0 aliphatic carbocycles. The second-order valence-electron chi connectivity index (χ2n) is 4.49. The topological polar surface area (TPSA) is 80.4 Å². The van der Waals surface area contributed by atoms with E-state index in [4.69, 9.17) is 5.73 Å². The van der Waals surface area contributed by atoms with Crippen LogP contribution in [0.4, 0.5) is 5.69 Å². The molecule has 0 aliphatic rings. The van der Waals surface area contributed by atoms with Crippen LogP contribution in [0.3, 0.4) is 0 Å². The summed E-state index contributed by atoms with van der Waals surface area (Å²) in [6.45, 7) is 6.74. The highest BCUT2D eigenvalue weighted by Crippen LogP contribution is 2.10. The minimum Gasteiger partial charge on any atom is -0.397 e. The molecule has 1 heterocycles. The van der Waals surface area contributed by atoms with Gasteiger partial charge in [-0.3, -0.25) is 9.59 Å². The van der Waals surface area contributed by atoms with Crippen LogP contribution < -0.4 is 11.1 Å². The van der Waals surface area contributed by atoms with Crippen LogP contribution in [-0.4, -0.2) is 40.9 Å². The fraction of sp³-hybridized carbons (Fsp3) is 0.538. The second-order valence-corrected chi connectivity index (χ2v) is 4.49. The van der Waals surface area contributed by atoms with Gasteiger partial charge in [-0.1, -0.05) is 0 Å². The number of carbonyl (C=O) groups is 2. The van der Waals surface area contributed by atoms with Gasteiger partial charge in [0.05, 0.1) is 5.69 Å². The van der Waals surface area contributed by atoms with E-state index in [1.54, 1.807) is 35.7 Å². The molecule has 1 rings (SSSR count). The predicted molar refractivity (Wildman–Crippen MR) is 74.8 cm³/mol. The fourth-order valence-corrected chi connectivity index (χ4v) is 1.80.